The van der Waals surface area contributed by atoms with Gasteiger partial charge in [0.25, 0.3) is 0 Å². The summed E-state index contributed by atoms with van der Waals surface area (Å²) in [4.78, 5) is 13.7. The summed E-state index contributed by atoms with van der Waals surface area (Å²) in [5.74, 6) is 0.306. The molecule has 0 aromatic rings. The van der Waals surface area contributed by atoms with Crippen LogP contribution < -0.4 is 5.31 Å². The molecule has 0 radical (unpaired) electrons. The summed E-state index contributed by atoms with van der Waals surface area (Å²) in [7, 11) is 1.88. The van der Waals surface area contributed by atoms with Gasteiger partial charge in [0.1, 0.15) is 1.41 Å². The van der Waals surface area contributed by atoms with E-state index in [1.807, 2.05) is 11.9 Å². The summed E-state index contributed by atoms with van der Waals surface area (Å²) >= 11 is 0. The van der Waals surface area contributed by atoms with Crippen molar-refractivity contribution in [1.29, 1.82) is 0 Å². The number of piperidine rings is 1. The van der Waals surface area contributed by atoms with Gasteiger partial charge in [-0.3, -0.25) is 4.79 Å². The zero-order chi connectivity index (χ0) is 9.47. The summed E-state index contributed by atoms with van der Waals surface area (Å²) in [6.45, 7) is 2.40. The van der Waals surface area contributed by atoms with Crippen LogP contribution in [0.4, 0.5) is 0 Å². The molecule has 3 nitrogen and oxygen atoms in total. The molecule has 12 heavy (non-hydrogen) atoms. The van der Waals surface area contributed by atoms with Crippen LogP contribution in [0.2, 0.25) is 1.41 Å². The van der Waals surface area contributed by atoms with Crippen molar-refractivity contribution in [3.8, 4) is 0 Å². The van der Waals surface area contributed by atoms with Gasteiger partial charge in [0, 0.05) is 13.6 Å². The van der Waals surface area contributed by atoms with Crippen molar-refractivity contribution < 1.29 is 6.21 Å². The molecule has 2 rings (SSSR count). The van der Waals surface area contributed by atoms with Gasteiger partial charge in [-0.15, -0.1) is 0 Å². The zero-order valence-corrected chi connectivity index (χ0v) is 7.55. The molecule has 2 fully saturated rings. The summed E-state index contributed by atoms with van der Waals surface area (Å²) < 4.78 is 7.44. The second-order valence-corrected chi connectivity index (χ2v) is 3.93. The van der Waals surface area contributed by atoms with Crippen molar-refractivity contribution in [1.82, 2.24) is 10.2 Å². The second-order valence-electron chi connectivity index (χ2n) is 3.93. The van der Waals surface area contributed by atoms with Crippen LogP contribution >= 0.6 is 0 Å². The highest BCUT2D eigenvalue weighted by atomic mass is 16.2. The molecule has 2 heterocycles. The van der Waals surface area contributed by atoms with Crippen molar-refractivity contribution in [3.05, 3.63) is 0 Å². The average Bonchev–Trinajstić information content (AvgIpc) is 2.40. The molecule has 68 valence electrons. The molecule has 0 aromatic carbocycles. The fourth-order valence-electron chi connectivity index (χ4n) is 2.28. The van der Waals surface area contributed by atoms with Crippen molar-refractivity contribution in [3.63, 3.8) is 0 Å². The number of carbonyl (C=O) groups is 1. The Morgan fingerprint density at radius 3 is 2.67 bits per heavy atom. The van der Waals surface area contributed by atoms with Crippen LogP contribution in [0.25, 0.3) is 0 Å². The Morgan fingerprint density at radius 1 is 1.50 bits per heavy atom. The minimum absolute atomic E-state index is 0.0910. The first-order valence-corrected chi connectivity index (χ1v) is 4.63. The number of hydrogen-bond acceptors (Lipinski definition) is 2. The summed E-state index contributed by atoms with van der Waals surface area (Å²) in [5, 5.41) is 1.57. The molecule has 1 N–H and O–H groups in total. The summed E-state index contributed by atoms with van der Waals surface area (Å²) in [6, 6.07) is 0. The topological polar surface area (TPSA) is 32.3 Å². The third-order valence-electron chi connectivity index (χ3n) is 3.22. The Balaban J connectivity index is 2.09. The first-order chi connectivity index (χ1) is 6.14. The SMILES string of the molecule is [2H]N1CCC2(CC1)CCN(C)C2=O. The van der Waals surface area contributed by atoms with Gasteiger partial charge in [0.15, 0.2) is 0 Å². The quantitative estimate of drug-likeness (QED) is 0.562. The van der Waals surface area contributed by atoms with Gasteiger partial charge in [0.2, 0.25) is 5.91 Å². The van der Waals surface area contributed by atoms with E-state index in [9.17, 15) is 4.79 Å². The number of amides is 1. The number of likely N-dealkylation sites (tertiary alicyclic amines) is 1. The first kappa shape index (κ1) is 6.89. The summed E-state index contributed by atoms with van der Waals surface area (Å²) in [6.07, 6.45) is 2.75. The predicted octanol–water partition coefficient (Wildman–Crippen LogP) is 0.218. The van der Waals surface area contributed by atoms with Gasteiger partial charge in [-0.1, -0.05) is 0 Å². The second kappa shape index (κ2) is 2.73. The lowest BCUT2D eigenvalue weighted by Gasteiger charge is -2.31. The highest BCUT2D eigenvalue weighted by Crippen LogP contribution is 2.38. The lowest BCUT2D eigenvalue weighted by molar-refractivity contribution is -0.136. The molecule has 0 unspecified atom stereocenters. The monoisotopic (exact) mass is 169 g/mol. The highest BCUT2D eigenvalue weighted by molar-refractivity contribution is 5.84. The molecular weight excluding hydrogens is 152 g/mol. The zero-order valence-electron chi connectivity index (χ0n) is 8.55. The van der Waals surface area contributed by atoms with E-state index in [-0.39, 0.29) is 5.41 Å². The van der Waals surface area contributed by atoms with Crippen molar-refractivity contribution in [2.75, 3.05) is 26.7 Å². The maximum atomic E-state index is 11.8. The lowest BCUT2D eigenvalue weighted by atomic mass is 9.78. The van der Waals surface area contributed by atoms with E-state index in [1.54, 1.807) is 5.31 Å². The van der Waals surface area contributed by atoms with Gasteiger partial charge < -0.3 is 10.2 Å². The predicted molar refractivity (Wildman–Crippen MR) is 46.8 cm³/mol. The Bertz CT molecular complexity index is 224. The number of rotatable bonds is 0. The van der Waals surface area contributed by atoms with Crippen LogP contribution in [0.1, 0.15) is 19.3 Å². The van der Waals surface area contributed by atoms with Gasteiger partial charge in [-0.2, -0.15) is 0 Å². The minimum atomic E-state index is -0.0910. The van der Waals surface area contributed by atoms with Crippen LogP contribution in [0.3, 0.4) is 0 Å². The number of carbonyl (C=O) groups excluding carboxylic acids is 1. The van der Waals surface area contributed by atoms with Crippen LogP contribution in [-0.4, -0.2) is 37.5 Å². The minimum Gasteiger partial charge on any atom is -0.345 e. The molecule has 2 aliphatic rings. The number of nitrogens with zero attached hydrogens (tertiary/aromatic N) is 1. The molecular formula is C9H16N2O. The van der Waals surface area contributed by atoms with E-state index in [0.29, 0.717) is 5.91 Å². The molecule has 1 spiro atoms. The van der Waals surface area contributed by atoms with E-state index in [1.165, 1.54) is 0 Å². The maximum Gasteiger partial charge on any atom is 0.228 e. The molecule has 1 amide bonds. The van der Waals surface area contributed by atoms with E-state index < -0.39 is 0 Å². The Hall–Kier alpha value is -0.570. The summed E-state index contributed by atoms with van der Waals surface area (Å²) in [5.41, 5.74) is -0.0910. The van der Waals surface area contributed by atoms with Crippen LogP contribution in [0.15, 0.2) is 0 Å². The molecule has 0 aromatic heterocycles. The van der Waals surface area contributed by atoms with Crippen molar-refractivity contribution in [2.24, 2.45) is 5.41 Å². The first-order valence-electron chi connectivity index (χ1n) is 5.08. The maximum absolute atomic E-state index is 11.8. The molecule has 2 aliphatic heterocycles. The Kier molecular flexibility index (Phi) is 1.57. The van der Waals surface area contributed by atoms with E-state index in [2.05, 4.69) is 0 Å². The molecule has 0 saturated carbocycles. The third-order valence-corrected chi connectivity index (χ3v) is 3.22. The van der Waals surface area contributed by atoms with Gasteiger partial charge in [-0.05, 0) is 32.4 Å². The fourth-order valence-corrected chi connectivity index (χ4v) is 2.28. The average molecular weight is 169 g/mol. The third kappa shape index (κ3) is 1.04. The molecule has 0 atom stereocenters. The van der Waals surface area contributed by atoms with Crippen LogP contribution in [0.5, 0.6) is 0 Å². The smallest absolute Gasteiger partial charge is 0.228 e. The molecule has 2 saturated heterocycles. The van der Waals surface area contributed by atoms with Crippen LogP contribution in [-0.2, 0) is 4.79 Å². The Morgan fingerprint density at radius 2 is 2.17 bits per heavy atom. The van der Waals surface area contributed by atoms with Crippen molar-refractivity contribution in [2.45, 2.75) is 19.3 Å². The number of nitrogens with one attached hydrogen (secondary N) is 1. The number of hydrogen-bond donors (Lipinski definition) is 1. The molecule has 0 aliphatic carbocycles. The Labute approximate surface area is 74.6 Å². The van der Waals surface area contributed by atoms with E-state index in [4.69, 9.17) is 1.41 Å². The van der Waals surface area contributed by atoms with Crippen LogP contribution in [0, 0.1) is 5.41 Å². The normalized spacial score (nSPS) is 31.2. The van der Waals surface area contributed by atoms with Gasteiger partial charge in [-0.25, -0.2) is 0 Å². The fraction of sp³-hybridized carbons (Fsp3) is 0.889. The van der Waals surface area contributed by atoms with E-state index >= 15 is 0 Å². The highest BCUT2D eigenvalue weighted by Gasteiger charge is 2.45. The van der Waals surface area contributed by atoms with Gasteiger partial charge in [0.05, 0.1) is 5.41 Å². The molecule has 0 bridgehead atoms. The van der Waals surface area contributed by atoms with E-state index in [0.717, 1.165) is 38.9 Å². The lowest BCUT2D eigenvalue weighted by Crippen LogP contribution is -2.41. The van der Waals surface area contributed by atoms with Gasteiger partial charge >= 0.3 is 0 Å². The van der Waals surface area contributed by atoms with Crippen molar-refractivity contribution >= 4 is 5.91 Å². The largest absolute Gasteiger partial charge is 0.345 e. The molecule has 3 heteroatoms. The standard InChI is InChI=1S/C9H16N2O/c1-11-7-4-9(8(11)12)2-5-10-6-3-9/h10H,2-7H2,1H3/i/hD.